The number of fused-ring (bicyclic) bond motifs is 1. The standard InChI is InChI=1S/C16H16N2O/c1-11-5-2-3-6-13(11)10-18-15(19)9-12-7-4-8-14(17)16(12)18/h2-8H,9-10,17H2,1H3. The summed E-state index contributed by atoms with van der Waals surface area (Å²) in [5.74, 6) is 0.121. The summed E-state index contributed by atoms with van der Waals surface area (Å²) in [6, 6.07) is 13.8. The van der Waals surface area contributed by atoms with E-state index in [2.05, 4.69) is 19.1 Å². The molecule has 3 rings (SSSR count). The summed E-state index contributed by atoms with van der Waals surface area (Å²) in [5, 5.41) is 0. The number of para-hydroxylation sites is 1. The Kier molecular flexibility index (Phi) is 2.75. The molecule has 1 amide bonds. The van der Waals surface area contributed by atoms with Crippen LogP contribution in [0.5, 0.6) is 0 Å². The molecule has 0 radical (unpaired) electrons. The van der Waals surface area contributed by atoms with E-state index in [1.54, 1.807) is 4.90 Å². The number of carbonyl (C=O) groups is 1. The zero-order valence-corrected chi connectivity index (χ0v) is 10.9. The minimum atomic E-state index is 0.121. The fourth-order valence-corrected chi connectivity index (χ4v) is 2.59. The maximum atomic E-state index is 12.2. The van der Waals surface area contributed by atoms with Crippen LogP contribution in [-0.2, 0) is 17.8 Å². The van der Waals surface area contributed by atoms with Gasteiger partial charge in [0, 0.05) is 0 Å². The van der Waals surface area contributed by atoms with Gasteiger partial charge in [-0.15, -0.1) is 0 Å². The van der Waals surface area contributed by atoms with Gasteiger partial charge in [0.15, 0.2) is 0 Å². The van der Waals surface area contributed by atoms with Crippen molar-refractivity contribution in [3.05, 3.63) is 59.2 Å². The quantitative estimate of drug-likeness (QED) is 0.835. The van der Waals surface area contributed by atoms with Crippen molar-refractivity contribution in [2.24, 2.45) is 0 Å². The molecule has 1 aliphatic rings. The maximum absolute atomic E-state index is 12.2. The van der Waals surface area contributed by atoms with Crippen molar-refractivity contribution in [2.75, 3.05) is 10.6 Å². The van der Waals surface area contributed by atoms with Crippen LogP contribution in [0.2, 0.25) is 0 Å². The van der Waals surface area contributed by atoms with E-state index in [4.69, 9.17) is 5.73 Å². The summed E-state index contributed by atoms with van der Waals surface area (Å²) in [6.07, 6.45) is 0.451. The number of hydrogen-bond donors (Lipinski definition) is 1. The zero-order valence-electron chi connectivity index (χ0n) is 10.9. The van der Waals surface area contributed by atoms with Crippen LogP contribution in [0.1, 0.15) is 16.7 Å². The first-order chi connectivity index (χ1) is 9.16. The molecule has 0 atom stereocenters. The Morgan fingerprint density at radius 1 is 1.16 bits per heavy atom. The molecule has 2 N–H and O–H groups in total. The van der Waals surface area contributed by atoms with Crippen molar-refractivity contribution in [1.82, 2.24) is 0 Å². The van der Waals surface area contributed by atoms with Crippen LogP contribution in [0.4, 0.5) is 11.4 Å². The number of aryl methyl sites for hydroxylation is 1. The first-order valence-electron chi connectivity index (χ1n) is 6.39. The third-order valence-corrected chi connectivity index (χ3v) is 3.65. The number of nitrogens with two attached hydrogens (primary N) is 1. The van der Waals surface area contributed by atoms with Gasteiger partial charge in [-0.25, -0.2) is 0 Å². The number of benzene rings is 2. The lowest BCUT2D eigenvalue weighted by Crippen LogP contribution is -2.27. The molecule has 0 aromatic heterocycles. The van der Waals surface area contributed by atoms with Crippen LogP contribution < -0.4 is 10.6 Å². The number of nitrogen functional groups attached to an aromatic ring is 1. The molecule has 0 spiro atoms. The molecule has 0 bridgehead atoms. The number of rotatable bonds is 2. The van der Waals surface area contributed by atoms with E-state index >= 15 is 0 Å². The summed E-state index contributed by atoms with van der Waals surface area (Å²) >= 11 is 0. The average Bonchev–Trinajstić information content (AvgIpc) is 2.70. The molecule has 19 heavy (non-hydrogen) atoms. The zero-order chi connectivity index (χ0) is 13.4. The second-order valence-electron chi connectivity index (χ2n) is 4.94. The lowest BCUT2D eigenvalue weighted by Gasteiger charge is -2.20. The fourth-order valence-electron chi connectivity index (χ4n) is 2.59. The Hall–Kier alpha value is -2.29. The van der Waals surface area contributed by atoms with Gasteiger partial charge in [-0.1, -0.05) is 36.4 Å². The van der Waals surface area contributed by atoms with Crippen molar-refractivity contribution >= 4 is 17.3 Å². The van der Waals surface area contributed by atoms with Crippen molar-refractivity contribution in [3.63, 3.8) is 0 Å². The third kappa shape index (κ3) is 1.97. The molecular formula is C16H16N2O. The Labute approximate surface area is 112 Å². The van der Waals surface area contributed by atoms with E-state index in [1.165, 1.54) is 5.56 Å². The molecule has 3 nitrogen and oxygen atoms in total. The second kappa shape index (κ2) is 4.43. The van der Waals surface area contributed by atoms with E-state index in [-0.39, 0.29) is 5.91 Å². The summed E-state index contributed by atoms with van der Waals surface area (Å²) < 4.78 is 0. The predicted octanol–water partition coefficient (Wildman–Crippen LogP) is 2.67. The summed E-state index contributed by atoms with van der Waals surface area (Å²) in [5.41, 5.74) is 11.0. The van der Waals surface area contributed by atoms with Gasteiger partial charge in [-0.2, -0.15) is 0 Å². The van der Waals surface area contributed by atoms with Crippen molar-refractivity contribution in [2.45, 2.75) is 19.9 Å². The van der Waals surface area contributed by atoms with Gasteiger partial charge in [0.1, 0.15) is 0 Å². The van der Waals surface area contributed by atoms with Crippen LogP contribution in [0.15, 0.2) is 42.5 Å². The molecule has 1 aliphatic heterocycles. The Morgan fingerprint density at radius 2 is 1.95 bits per heavy atom. The highest BCUT2D eigenvalue weighted by Crippen LogP contribution is 2.35. The van der Waals surface area contributed by atoms with Gasteiger partial charge in [-0.05, 0) is 29.7 Å². The van der Waals surface area contributed by atoms with Gasteiger partial charge < -0.3 is 10.6 Å². The highest BCUT2D eigenvalue weighted by atomic mass is 16.2. The van der Waals surface area contributed by atoms with E-state index in [9.17, 15) is 4.79 Å². The molecule has 0 unspecified atom stereocenters. The SMILES string of the molecule is Cc1ccccc1CN1C(=O)Cc2cccc(N)c21. The second-order valence-corrected chi connectivity index (χ2v) is 4.94. The summed E-state index contributed by atoms with van der Waals surface area (Å²) in [7, 11) is 0. The number of carbonyl (C=O) groups excluding carboxylic acids is 1. The smallest absolute Gasteiger partial charge is 0.231 e. The fraction of sp³-hybridized carbons (Fsp3) is 0.188. The Morgan fingerprint density at radius 3 is 2.74 bits per heavy atom. The van der Waals surface area contributed by atoms with Gasteiger partial charge in [0.05, 0.1) is 24.3 Å². The monoisotopic (exact) mass is 252 g/mol. The van der Waals surface area contributed by atoms with Gasteiger partial charge in [-0.3, -0.25) is 4.79 Å². The molecular weight excluding hydrogens is 236 g/mol. The molecule has 0 saturated carbocycles. The van der Waals surface area contributed by atoms with Crippen LogP contribution in [0.25, 0.3) is 0 Å². The Bertz CT molecular complexity index is 649. The molecule has 2 aromatic carbocycles. The predicted molar refractivity (Wildman–Crippen MR) is 76.9 cm³/mol. The van der Waals surface area contributed by atoms with E-state index in [1.807, 2.05) is 30.3 Å². The Balaban J connectivity index is 1.99. The van der Waals surface area contributed by atoms with Crippen molar-refractivity contribution in [1.29, 1.82) is 0 Å². The molecule has 96 valence electrons. The molecule has 3 heteroatoms. The van der Waals surface area contributed by atoms with Crippen LogP contribution in [0, 0.1) is 6.92 Å². The highest BCUT2D eigenvalue weighted by molar-refractivity contribution is 6.04. The molecule has 0 saturated heterocycles. The van der Waals surface area contributed by atoms with E-state index in [0.29, 0.717) is 18.7 Å². The lowest BCUT2D eigenvalue weighted by atomic mass is 10.1. The van der Waals surface area contributed by atoms with Crippen molar-refractivity contribution in [3.8, 4) is 0 Å². The first kappa shape index (κ1) is 11.8. The van der Waals surface area contributed by atoms with Crippen LogP contribution >= 0.6 is 0 Å². The molecule has 0 fully saturated rings. The summed E-state index contributed by atoms with van der Waals surface area (Å²) in [6.45, 7) is 2.65. The average molecular weight is 252 g/mol. The van der Waals surface area contributed by atoms with Crippen LogP contribution in [-0.4, -0.2) is 5.91 Å². The van der Waals surface area contributed by atoms with Gasteiger partial charge >= 0.3 is 0 Å². The van der Waals surface area contributed by atoms with E-state index < -0.39 is 0 Å². The number of amides is 1. The largest absolute Gasteiger partial charge is 0.397 e. The van der Waals surface area contributed by atoms with Crippen molar-refractivity contribution < 1.29 is 4.79 Å². The minimum Gasteiger partial charge on any atom is -0.397 e. The molecule has 1 heterocycles. The van der Waals surface area contributed by atoms with Crippen LogP contribution in [0.3, 0.4) is 0 Å². The number of anilines is 2. The van der Waals surface area contributed by atoms with Gasteiger partial charge in [0.2, 0.25) is 5.91 Å². The number of hydrogen-bond acceptors (Lipinski definition) is 2. The lowest BCUT2D eigenvalue weighted by molar-refractivity contribution is -0.117. The number of nitrogens with zero attached hydrogens (tertiary/aromatic N) is 1. The topological polar surface area (TPSA) is 46.3 Å². The summed E-state index contributed by atoms with van der Waals surface area (Å²) in [4.78, 5) is 14.0. The first-order valence-corrected chi connectivity index (χ1v) is 6.39. The molecule has 0 aliphatic carbocycles. The third-order valence-electron chi connectivity index (χ3n) is 3.65. The maximum Gasteiger partial charge on any atom is 0.231 e. The van der Waals surface area contributed by atoms with Gasteiger partial charge in [0.25, 0.3) is 0 Å². The van der Waals surface area contributed by atoms with E-state index in [0.717, 1.165) is 16.8 Å². The molecule has 2 aromatic rings. The normalized spacial score (nSPS) is 13.7. The highest BCUT2D eigenvalue weighted by Gasteiger charge is 2.29. The minimum absolute atomic E-state index is 0.121.